The Balaban J connectivity index is 2.54. The molecule has 0 spiro atoms. The third-order valence-electron chi connectivity index (χ3n) is 1.42. The molecule has 0 amide bonds. The maximum absolute atomic E-state index is 12.8. The summed E-state index contributed by atoms with van der Waals surface area (Å²) < 4.78 is 18.2. The molecule has 1 N–H and O–H groups in total. The maximum atomic E-state index is 12.8. The fraction of sp³-hybridized carbons (Fsp3) is 0.222. The van der Waals surface area contributed by atoms with E-state index in [0.29, 0.717) is 10.0 Å². The number of ether oxygens (including phenoxy) is 1. The minimum Gasteiger partial charge on any atom is -0.480 e. The summed E-state index contributed by atoms with van der Waals surface area (Å²) in [6.07, 6.45) is 0. The van der Waals surface area contributed by atoms with Gasteiger partial charge in [0.25, 0.3) is 0 Å². The van der Waals surface area contributed by atoms with Crippen molar-refractivity contribution in [2.45, 2.75) is 6.61 Å². The number of carboxylic acids is 1. The smallest absolute Gasteiger partial charge is 0.329 e. The van der Waals surface area contributed by atoms with E-state index in [2.05, 4.69) is 15.9 Å². The standard InChI is InChI=1S/C9H8BrFO3/c10-7-1-6(2-8(11)3-7)4-14-5-9(12)13/h1-3H,4-5H2,(H,12,13). The van der Waals surface area contributed by atoms with Crippen LogP contribution >= 0.6 is 15.9 Å². The predicted molar refractivity (Wildman–Crippen MR) is 51.4 cm³/mol. The summed E-state index contributed by atoms with van der Waals surface area (Å²) in [5, 5.41) is 8.29. The van der Waals surface area contributed by atoms with Crippen molar-refractivity contribution in [1.82, 2.24) is 0 Å². The average Bonchev–Trinajstić information content (AvgIpc) is 2.01. The molecule has 0 atom stereocenters. The van der Waals surface area contributed by atoms with Gasteiger partial charge in [0.1, 0.15) is 12.4 Å². The summed E-state index contributed by atoms with van der Waals surface area (Å²) >= 11 is 3.12. The van der Waals surface area contributed by atoms with E-state index in [1.807, 2.05) is 0 Å². The van der Waals surface area contributed by atoms with Crippen molar-refractivity contribution < 1.29 is 19.0 Å². The monoisotopic (exact) mass is 262 g/mol. The Morgan fingerprint density at radius 1 is 1.50 bits per heavy atom. The molecule has 0 bridgehead atoms. The van der Waals surface area contributed by atoms with Gasteiger partial charge in [-0.3, -0.25) is 0 Å². The van der Waals surface area contributed by atoms with E-state index in [0.717, 1.165) is 0 Å². The number of rotatable bonds is 4. The Kier molecular flexibility index (Phi) is 4.03. The summed E-state index contributed by atoms with van der Waals surface area (Å²) in [7, 11) is 0. The highest BCUT2D eigenvalue weighted by atomic mass is 79.9. The molecule has 1 rings (SSSR count). The fourth-order valence-electron chi connectivity index (χ4n) is 0.950. The summed E-state index contributed by atoms with van der Waals surface area (Å²) in [6.45, 7) is -0.295. The van der Waals surface area contributed by atoms with Crippen LogP contribution < -0.4 is 0 Å². The SMILES string of the molecule is O=C(O)COCc1cc(F)cc(Br)c1. The van der Waals surface area contributed by atoms with Crippen LogP contribution in [0.3, 0.4) is 0 Å². The van der Waals surface area contributed by atoms with Crippen LogP contribution in [0.25, 0.3) is 0 Å². The molecule has 76 valence electrons. The Morgan fingerprint density at radius 2 is 2.21 bits per heavy atom. The fourth-order valence-corrected chi connectivity index (χ4v) is 1.46. The molecule has 0 saturated carbocycles. The van der Waals surface area contributed by atoms with Gasteiger partial charge in [-0.15, -0.1) is 0 Å². The van der Waals surface area contributed by atoms with E-state index in [1.54, 1.807) is 6.07 Å². The molecule has 0 unspecified atom stereocenters. The Labute approximate surface area is 88.6 Å². The largest absolute Gasteiger partial charge is 0.480 e. The molecule has 0 aliphatic rings. The summed E-state index contributed by atoms with van der Waals surface area (Å²) in [4.78, 5) is 10.1. The first-order valence-corrected chi connectivity index (χ1v) is 4.62. The molecular formula is C9H8BrFO3. The van der Waals surface area contributed by atoms with Gasteiger partial charge in [0.15, 0.2) is 0 Å². The van der Waals surface area contributed by atoms with Crippen molar-refractivity contribution in [2.24, 2.45) is 0 Å². The molecule has 0 radical (unpaired) electrons. The lowest BCUT2D eigenvalue weighted by Gasteiger charge is -2.02. The zero-order valence-electron chi connectivity index (χ0n) is 7.17. The number of hydrogen-bond donors (Lipinski definition) is 1. The topological polar surface area (TPSA) is 46.5 Å². The average molecular weight is 263 g/mol. The highest BCUT2D eigenvalue weighted by molar-refractivity contribution is 9.10. The molecule has 0 aliphatic heterocycles. The molecule has 3 nitrogen and oxygen atoms in total. The van der Waals surface area contributed by atoms with Gasteiger partial charge in [0.2, 0.25) is 0 Å². The Bertz CT molecular complexity index is 321. The molecule has 1 aromatic rings. The van der Waals surface area contributed by atoms with Crippen molar-refractivity contribution >= 4 is 21.9 Å². The van der Waals surface area contributed by atoms with Crippen LogP contribution in [0, 0.1) is 5.82 Å². The van der Waals surface area contributed by atoms with Crippen molar-refractivity contribution in [3.63, 3.8) is 0 Å². The van der Waals surface area contributed by atoms with Crippen molar-refractivity contribution in [2.75, 3.05) is 6.61 Å². The second-order valence-electron chi connectivity index (χ2n) is 2.66. The predicted octanol–water partition coefficient (Wildman–Crippen LogP) is 2.19. The first-order valence-electron chi connectivity index (χ1n) is 3.82. The zero-order chi connectivity index (χ0) is 10.6. The van der Waals surface area contributed by atoms with Crippen molar-refractivity contribution in [1.29, 1.82) is 0 Å². The Morgan fingerprint density at radius 3 is 2.79 bits per heavy atom. The van der Waals surface area contributed by atoms with E-state index >= 15 is 0 Å². The summed E-state index contributed by atoms with van der Waals surface area (Å²) in [5.41, 5.74) is 0.595. The zero-order valence-corrected chi connectivity index (χ0v) is 8.75. The highest BCUT2D eigenvalue weighted by Gasteiger charge is 2.01. The lowest BCUT2D eigenvalue weighted by molar-refractivity contribution is -0.142. The van der Waals surface area contributed by atoms with Gasteiger partial charge in [-0.1, -0.05) is 15.9 Å². The number of benzene rings is 1. The quantitative estimate of drug-likeness (QED) is 0.905. The van der Waals surface area contributed by atoms with E-state index in [4.69, 9.17) is 9.84 Å². The minimum atomic E-state index is -1.04. The second-order valence-corrected chi connectivity index (χ2v) is 3.58. The van der Waals surface area contributed by atoms with Crippen molar-refractivity contribution in [3.8, 4) is 0 Å². The van der Waals surface area contributed by atoms with Crippen LogP contribution in [0.5, 0.6) is 0 Å². The number of aliphatic carboxylic acids is 1. The first kappa shape index (κ1) is 11.1. The number of hydrogen-bond acceptors (Lipinski definition) is 2. The van der Waals surface area contributed by atoms with Crippen LogP contribution in [0.2, 0.25) is 0 Å². The van der Waals surface area contributed by atoms with Crippen LogP contribution in [0.15, 0.2) is 22.7 Å². The van der Waals surface area contributed by atoms with Gasteiger partial charge in [-0.05, 0) is 23.8 Å². The molecule has 1 aromatic carbocycles. The first-order chi connectivity index (χ1) is 6.58. The number of halogens is 2. The highest BCUT2D eigenvalue weighted by Crippen LogP contribution is 2.15. The van der Waals surface area contributed by atoms with Gasteiger partial charge >= 0.3 is 5.97 Å². The molecule has 0 aliphatic carbocycles. The van der Waals surface area contributed by atoms with Gasteiger partial charge < -0.3 is 9.84 Å². The molecule has 0 fully saturated rings. The van der Waals surface area contributed by atoms with Gasteiger partial charge in [0, 0.05) is 4.47 Å². The molecular weight excluding hydrogens is 255 g/mol. The molecule has 0 saturated heterocycles. The van der Waals surface area contributed by atoms with Crippen LogP contribution in [-0.2, 0) is 16.1 Å². The minimum absolute atomic E-state index is 0.0860. The second kappa shape index (κ2) is 5.07. The lowest BCUT2D eigenvalue weighted by Crippen LogP contribution is -2.06. The number of carbonyl (C=O) groups is 1. The molecule has 5 heteroatoms. The lowest BCUT2D eigenvalue weighted by atomic mass is 10.2. The summed E-state index contributed by atoms with van der Waals surface area (Å²) in [6, 6.07) is 4.29. The van der Waals surface area contributed by atoms with Gasteiger partial charge in [0.05, 0.1) is 6.61 Å². The number of carboxylic acid groups (broad SMARTS) is 1. The van der Waals surface area contributed by atoms with E-state index in [9.17, 15) is 9.18 Å². The molecule has 14 heavy (non-hydrogen) atoms. The van der Waals surface area contributed by atoms with Gasteiger partial charge in [-0.25, -0.2) is 9.18 Å². The van der Waals surface area contributed by atoms with Crippen LogP contribution in [0.4, 0.5) is 4.39 Å². The van der Waals surface area contributed by atoms with Gasteiger partial charge in [-0.2, -0.15) is 0 Å². The third kappa shape index (κ3) is 3.85. The maximum Gasteiger partial charge on any atom is 0.329 e. The normalized spacial score (nSPS) is 10.1. The summed E-state index contributed by atoms with van der Waals surface area (Å²) in [5.74, 6) is -1.42. The van der Waals surface area contributed by atoms with E-state index in [-0.39, 0.29) is 19.0 Å². The van der Waals surface area contributed by atoms with Crippen molar-refractivity contribution in [3.05, 3.63) is 34.1 Å². The Hall–Kier alpha value is -0.940. The van der Waals surface area contributed by atoms with E-state index in [1.165, 1.54) is 12.1 Å². The van der Waals surface area contributed by atoms with E-state index < -0.39 is 5.97 Å². The van der Waals surface area contributed by atoms with Crippen LogP contribution in [0.1, 0.15) is 5.56 Å². The molecule has 0 aromatic heterocycles. The third-order valence-corrected chi connectivity index (χ3v) is 1.87. The van der Waals surface area contributed by atoms with Crippen LogP contribution in [-0.4, -0.2) is 17.7 Å². The molecule has 0 heterocycles.